The molecule has 0 spiro atoms. The van der Waals surface area contributed by atoms with E-state index in [2.05, 4.69) is 0 Å². The standard InChI is InChI=1S/C24H28N2O5/c1-2-3-7-22(27)26(17-18-8-10-19(11-9-18)24(29)30)21-6-4-5-20(16-21)23(28)25-12-14-31-15-13-25/h4-6,8-11,16H,2-3,7,12-15,17H2,1H3,(H,29,30). The molecule has 1 saturated heterocycles. The van der Waals surface area contributed by atoms with E-state index in [1.54, 1.807) is 40.1 Å². The first-order valence-electron chi connectivity index (χ1n) is 10.6. The van der Waals surface area contributed by atoms with Crippen LogP contribution in [0.3, 0.4) is 0 Å². The van der Waals surface area contributed by atoms with E-state index in [1.807, 2.05) is 13.0 Å². The number of anilines is 1. The van der Waals surface area contributed by atoms with E-state index in [0.717, 1.165) is 18.4 Å². The van der Waals surface area contributed by atoms with Crippen LogP contribution in [-0.2, 0) is 16.1 Å². The molecule has 0 aromatic heterocycles. The molecule has 0 aliphatic carbocycles. The van der Waals surface area contributed by atoms with E-state index in [1.165, 1.54) is 12.1 Å². The Morgan fingerprint density at radius 1 is 1.03 bits per heavy atom. The quantitative estimate of drug-likeness (QED) is 0.700. The summed E-state index contributed by atoms with van der Waals surface area (Å²) in [5.41, 5.74) is 2.21. The Morgan fingerprint density at radius 2 is 1.74 bits per heavy atom. The molecule has 0 saturated carbocycles. The molecule has 164 valence electrons. The van der Waals surface area contributed by atoms with Crippen molar-refractivity contribution in [2.45, 2.75) is 32.7 Å². The summed E-state index contributed by atoms with van der Waals surface area (Å²) >= 11 is 0. The van der Waals surface area contributed by atoms with E-state index in [-0.39, 0.29) is 17.4 Å². The number of amides is 2. The zero-order chi connectivity index (χ0) is 22.2. The van der Waals surface area contributed by atoms with Crippen LogP contribution < -0.4 is 4.90 Å². The Hall–Kier alpha value is -3.19. The van der Waals surface area contributed by atoms with Gasteiger partial charge in [0.2, 0.25) is 5.91 Å². The Bertz CT molecular complexity index is 920. The van der Waals surface area contributed by atoms with Crippen molar-refractivity contribution in [1.29, 1.82) is 0 Å². The maximum absolute atomic E-state index is 13.0. The number of hydrogen-bond acceptors (Lipinski definition) is 4. The summed E-state index contributed by atoms with van der Waals surface area (Å²) in [5, 5.41) is 9.10. The maximum atomic E-state index is 13.0. The average molecular weight is 424 g/mol. The molecule has 0 atom stereocenters. The third kappa shape index (κ3) is 5.92. The van der Waals surface area contributed by atoms with Crippen LogP contribution in [0.15, 0.2) is 48.5 Å². The molecule has 0 bridgehead atoms. The Morgan fingerprint density at radius 3 is 2.39 bits per heavy atom. The number of rotatable bonds is 8. The molecule has 3 rings (SSSR count). The second kappa shape index (κ2) is 10.7. The van der Waals surface area contributed by atoms with Crippen molar-refractivity contribution in [1.82, 2.24) is 4.90 Å². The first kappa shape index (κ1) is 22.5. The summed E-state index contributed by atoms with van der Waals surface area (Å²) in [6, 6.07) is 13.6. The van der Waals surface area contributed by atoms with Gasteiger partial charge in [-0.05, 0) is 42.3 Å². The van der Waals surface area contributed by atoms with Gasteiger partial charge in [-0.2, -0.15) is 0 Å². The Balaban J connectivity index is 1.85. The summed E-state index contributed by atoms with van der Waals surface area (Å²) < 4.78 is 5.32. The first-order valence-corrected chi connectivity index (χ1v) is 10.6. The third-order valence-corrected chi connectivity index (χ3v) is 5.29. The number of carboxylic acids is 1. The van der Waals surface area contributed by atoms with E-state index in [9.17, 15) is 14.4 Å². The van der Waals surface area contributed by atoms with Crippen molar-refractivity contribution < 1.29 is 24.2 Å². The molecule has 2 aromatic carbocycles. The van der Waals surface area contributed by atoms with Crippen LogP contribution in [0.4, 0.5) is 5.69 Å². The monoisotopic (exact) mass is 424 g/mol. The molecule has 1 aliphatic rings. The van der Waals surface area contributed by atoms with Crippen molar-refractivity contribution in [3.8, 4) is 0 Å². The van der Waals surface area contributed by atoms with Crippen molar-refractivity contribution >= 4 is 23.5 Å². The SMILES string of the molecule is CCCCC(=O)N(Cc1ccc(C(=O)O)cc1)c1cccc(C(=O)N2CCOCC2)c1. The fourth-order valence-electron chi connectivity index (χ4n) is 3.48. The summed E-state index contributed by atoms with van der Waals surface area (Å²) in [6.07, 6.45) is 2.09. The number of morpholine rings is 1. The number of aromatic carboxylic acids is 1. The zero-order valence-electron chi connectivity index (χ0n) is 17.8. The van der Waals surface area contributed by atoms with Crippen molar-refractivity contribution in [2.75, 3.05) is 31.2 Å². The van der Waals surface area contributed by atoms with Gasteiger partial charge in [0.05, 0.1) is 25.3 Å². The van der Waals surface area contributed by atoms with Gasteiger partial charge in [-0.25, -0.2) is 4.79 Å². The van der Waals surface area contributed by atoms with Crippen LogP contribution in [0, 0.1) is 0 Å². The smallest absolute Gasteiger partial charge is 0.335 e. The predicted molar refractivity (Wildman–Crippen MR) is 117 cm³/mol. The number of benzene rings is 2. The minimum absolute atomic E-state index is 0.0277. The van der Waals surface area contributed by atoms with Gasteiger partial charge in [-0.3, -0.25) is 9.59 Å². The largest absolute Gasteiger partial charge is 0.478 e. The summed E-state index contributed by atoms with van der Waals surface area (Å²) in [4.78, 5) is 40.4. The molecule has 0 radical (unpaired) electrons. The molecule has 7 heteroatoms. The van der Waals surface area contributed by atoms with Gasteiger partial charge in [0.15, 0.2) is 0 Å². The second-order valence-electron chi connectivity index (χ2n) is 7.54. The molecule has 1 aliphatic heterocycles. The molecule has 7 nitrogen and oxygen atoms in total. The molecule has 0 unspecified atom stereocenters. The van der Waals surface area contributed by atoms with E-state index < -0.39 is 5.97 Å². The predicted octanol–water partition coefficient (Wildman–Crippen LogP) is 3.58. The van der Waals surface area contributed by atoms with Gasteiger partial charge in [0.1, 0.15) is 0 Å². The second-order valence-corrected chi connectivity index (χ2v) is 7.54. The van der Waals surface area contributed by atoms with Crippen LogP contribution in [0.5, 0.6) is 0 Å². The Labute approximate surface area is 182 Å². The normalized spacial score (nSPS) is 13.6. The molecule has 2 aromatic rings. The number of nitrogens with zero attached hydrogens (tertiary/aromatic N) is 2. The average Bonchev–Trinajstić information content (AvgIpc) is 2.81. The van der Waals surface area contributed by atoms with Gasteiger partial charge in [-0.15, -0.1) is 0 Å². The molecule has 2 amide bonds. The fourth-order valence-corrected chi connectivity index (χ4v) is 3.48. The van der Waals surface area contributed by atoms with Gasteiger partial charge in [-0.1, -0.05) is 31.5 Å². The van der Waals surface area contributed by atoms with Gasteiger partial charge < -0.3 is 19.6 Å². The lowest BCUT2D eigenvalue weighted by molar-refractivity contribution is -0.118. The summed E-state index contributed by atoms with van der Waals surface area (Å²) in [6.45, 7) is 4.50. The van der Waals surface area contributed by atoms with Crippen LogP contribution in [-0.4, -0.2) is 54.1 Å². The number of hydrogen-bond donors (Lipinski definition) is 1. The minimum Gasteiger partial charge on any atom is -0.478 e. The van der Waals surface area contributed by atoms with Crippen molar-refractivity contribution in [3.05, 3.63) is 65.2 Å². The van der Waals surface area contributed by atoms with Crippen LogP contribution in [0.2, 0.25) is 0 Å². The number of carbonyl (C=O) groups excluding carboxylic acids is 2. The van der Waals surface area contributed by atoms with Gasteiger partial charge in [0, 0.05) is 30.8 Å². The highest BCUT2D eigenvalue weighted by molar-refractivity contribution is 5.98. The van der Waals surface area contributed by atoms with Crippen LogP contribution >= 0.6 is 0 Å². The van der Waals surface area contributed by atoms with Crippen LogP contribution in [0.1, 0.15) is 52.5 Å². The first-order chi connectivity index (χ1) is 15.0. The molecule has 1 fully saturated rings. The molecule has 1 N–H and O–H groups in total. The number of ether oxygens (including phenoxy) is 1. The van der Waals surface area contributed by atoms with E-state index >= 15 is 0 Å². The van der Waals surface area contributed by atoms with Gasteiger partial charge in [0.25, 0.3) is 5.91 Å². The highest BCUT2D eigenvalue weighted by Gasteiger charge is 2.21. The summed E-state index contributed by atoms with van der Waals surface area (Å²) in [7, 11) is 0. The van der Waals surface area contributed by atoms with E-state index in [0.29, 0.717) is 50.5 Å². The molecular formula is C24H28N2O5. The Kier molecular flexibility index (Phi) is 7.78. The number of carbonyl (C=O) groups is 3. The lowest BCUT2D eigenvalue weighted by atomic mass is 10.1. The highest BCUT2D eigenvalue weighted by Crippen LogP contribution is 2.22. The van der Waals surface area contributed by atoms with Crippen molar-refractivity contribution in [3.63, 3.8) is 0 Å². The lowest BCUT2D eigenvalue weighted by Crippen LogP contribution is -2.40. The molecule has 31 heavy (non-hydrogen) atoms. The molecular weight excluding hydrogens is 396 g/mol. The minimum atomic E-state index is -0.989. The van der Waals surface area contributed by atoms with Gasteiger partial charge >= 0.3 is 5.97 Å². The maximum Gasteiger partial charge on any atom is 0.335 e. The van der Waals surface area contributed by atoms with Crippen molar-refractivity contribution in [2.24, 2.45) is 0 Å². The topological polar surface area (TPSA) is 87.2 Å². The third-order valence-electron chi connectivity index (χ3n) is 5.29. The molecule has 1 heterocycles. The number of carboxylic acid groups (broad SMARTS) is 1. The summed E-state index contributed by atoms with van der Waals surface area (Å²) in [5.74, 6) is -1.09. The van der Waals surface area contributed by atoms with E-state index in [4.69, 9.17) is 9.84 Å². The van der Waals surface area contributed by atoms with Crippen LogP contribution in [0.25, 0.3) is 0 Å². The zero-order valence-corrected chi connectivity index (χ0v) is 17.8. The fraction of sp³-hybridized carbons (Fsp3) is 0.375. The number of unbranched alkanes of at least 4 members (excludes halogenated alkanes) is 1. The lowest BCUT2D eigenvalue weighted by Gasteiger charge is -2.28. The highest BCUT2D eigenvalue weighted by atomic mass is 16.5.